The maximum absolute atomic E-state index is 13.4. The Labute approximate surface area is 294 Å². The monoisotopic (exact) mass is 696 g/mol. The summed E-state index contributed by atoms with van der Waals surface area (Å²) in [5.74, 6) is -1.21. The highest BCUT2D eigenvalue weighted by Crippen LogP contribution is 2.39. The van der Waals surface area contributed by atoms with Gasteiger partial charge in [-0.05, 0) is 69.2 Å². The number of unbranched alkanes of at least 4 members (excludes halogenated alkanes) is 3. The highest BCUT2D eigenvalue weighted by molar-refractivity contribution is 5.89. The van der Waals surface area contributed by atoms with Gasteiger partial charge in [0.25, 0.3) is 5.91 Å². The number of ether oxygens (including phenoxy) is 6. The molecule has 0 fully saturated rings. The van der Waals surface area contributed by atoms with Gasteiger partial charge in [-0.3, -0.25) is 4.79 Å². The lowest BCUT2D eigenvalue weighted by Gasteiger charge is -2.28. The third kappa shape index (κ3) is 13.1. The minimum absolute atomic E-state index is 0.108. The van der Waals surface area contributed by atoms with Crippen molar-refractivity contribution >= 4 is 34.3 Å². The van der Waals surface area contributed by atoms with E-state index < -0.39 is 42.3 Å². The van der Waals surface area contributed by atoms with E-state index in [-0.39, 0.29) is 6.61 Å². The van der Waals surface area contributed by atoms with Crippen LogP contribution in [0.15, 0.2) is 54.6 Å². The molecule has 0 radical (unpaired) electrons. The molecule has 3 N–H and O–H groups in total. The van der Waals surface area contributed by atoms with Gasteiger partial charge in [0, 0.05) is 37.5 Å². The van der Waals surface area contributed by atoms with E-state index in [0.29, 0.717) is 49.6 Å². The smallest absolute Gasteiger partial charge is 0.339 e. The highest BCUT2D eigenvalue weighted by atomic mass is 16.6. The van der Waals surface area contributed by atoms with E-state index in [1.807, 2.05) is 12.1 Å². The molecule has 0 aliphatic carbocycles. The number of carboxylic acids is 1. The van der Waals surface area contributed by atoms with Gasteiger partial charge in [-0.2, -0.15) is 0 Å². The fourth-order valence-corrected chi connectivity index (χ4v) is 5.29. The van der Waals surface area contributed by atoms with Crippen LogP contribution in [0.4, 0.5) is 5.69 Å². The van der Waals surface area contributed by atoms with Crippen molar-refractivity contribution < 1.29 is 47.9 Å². The van der Waals surface area contributed by atoms with Crippen molar-refractivity contribution in [1.82, 2.24) is 5.32 Å². The average Bonchev–Trinajstić information content (AvgIpc) is 3.08. The lowest BCUT2D eigenvalue weighted by atomic mass is 10.0. The Morgan fingerprint density at radius 1 is 0.760 bits per heavy atom. The molecule has 0 spiro atoms. The molecule has 2 unspecified atom stereocenters. The lowest BCUT2D eigenvalue weighted by molar-refractivity contribution is -0.184. The van der Waals surface area contributed by atoms with Gasteiger partial charge >= 0.3 is 11.9 Å². The van der Waals surface area contributed by atoms with E-state index in [1.54, 1.807) is 47.1 Å². The van der Waals surface area contributed by atoms with Gasteiger partial charge in [-0.25, -0.2) is 9.59 Å². The standard InChI is InChI=1S/C38H52N2O10/c1-38(2,3)50-37(44)35(49-25-32(41)42)34(48-21-13-12-19-39-29-23-30(45-4)33(47-6)31(24-29)46-5)36(43)40-20-11-7-8-14-26-17-18-27-15-9-10-16-28(27)22-26/h9-10,15-18,22-24,34-35,39H,7-8,11-14,19-21,25H2,1-6H3,(H,40,43)(H,41,42). The molecular formula is C38H52N2O10. The highest BCUT2D eigenvalue weighted by Gasteiger charge is 2.39. The number of esters is 1. The number of carboxylic acid groups (broad SMARTS) is 1. The fourth-order valence-electron chi connectivity index (χ4n) is 5.29. The number of aryl methyl sites for hydroxylation is 1. The molecule has 274 valence electrons. The average molecular weight is 697 g/mol. The minimum Gasteiger partial charge on any atom is -0.493 e. The number of rotatable bonds is 22. The van der Waals surface area contributed by atoms with Crippen LogP contribution in [0.3, 0.4) is 0 Å². The topological polar surface area (TPSA) is 151 Å². The molecule has 0 saturated heterocycles. The number of carbonyl (C=O) groups is 3. The van der Waals surface area contributed by atoms with E-state index in [1.165, 1.54) is 23.4 Å². The van der Waals surface area contributed by atoms with Gasteiger partial charge in [0.05, 0.1) is 21.3 Å². The molecule has 0 aromatic heterocycles. The largest absolute Gasteiger partial charge is 0.493 e. The third-order valence-corrected chi connectivity index (χ3v) is 7.68. The summed E-state index contributed by atoms with van der Waals surface area (Å²) in [5.41, 5.74) is 1.13. The Morgan fingerprint density at radius 3 is 2.08 bits per heavy atom. The van der Waals surface area contributed by atoms with E-state index in [0.717, 1.165) is 24.9 Å². The number of hydrogen-bond acceptors (Lipinski definition) is 10. The zero-order valence-corrected chi connectivity index (χ0v) is 30.0. The van der Waals surface area contributed by atoms with Crippen molar-refractivity contribution in [3.63, 3.8) is 0 Å². The van der Waals surface area contributed by atoms with Gasteiger partial charge in [0.1, 0.15) is 12.2 Å². The molecular weight excluding hydrogens is 644 g/mol. The molecule has 1 amide bonds. The summed E-state index contributed by atoms with van der Waals surface area (Å²) >= 11 is 0. The molecule has 0 saturated carbocycles. The Bertz CT molecular complexity index is 1510. The van der Waals surface area contributed by atoms with Gasteiger partial charge in [0.2, 0.25) is 5.75 Å². The van der Waals surface area contributed by atoms with Gasteiger partial charge < -0.3 is 44.2 Å². The number of methoxy groups -OCH3 is 3. The zero-order chi connectivity index (χ0) is 36.5. The minimum atomic E-state index is -1.57. The number of nitrogens with one attached hydrogen (secondary N) is 2. The number of aliphatic carboxylic acids is 1. The summed E-state index contributed by atoms with van der Waals surface area (Å²) in [7, 11) is 4.63. The first-order chi connectivity index (χ1) is 23.9. The number of benzene rings is 3. The van der Waals surface area contributed by atoms with Crippen LogP contribution in [0, 0.1) is 0 Å². The van der Waals surface area contributed by atoms with Crippen LogP contribution in [-0.4, -0.2) is 88.4 Å². The first-order valence-electron chi connectivity index (χ1n) is 16.9. The zero-order valence-electron chi connectivity index (χ0n) is 30.0. The number of anilines is 1. The number of fused-ring (bicyclic) bond motifs is 1. The summed E-state index contributed by atoms with van der Waals surface area (Å²) in [4.78, 5) is 38.0. The Balaban J connectivity index is 1.56. The first kappa shape index (κ1) is 39.9. The maximum Gasteiger partial charge on any atom is 0.339 e. The van der Waals surface area contributed by atoms with E-state index in [9.17, 15) is 19.5 Å². The predicted molar refractivity (Wildman–Crippen MR) is 191 cm³/mol. The normalized spacial score (nSPS) is 12.5. The molecule has 0 aliphatic rings. The van der Waals surface area contributed by atoms with E-state index in [4.69, 9.17) is 28.4 Å². The molecule has 2 atom stereocenters. The van der Waals surface area contributed by atoms with Crippen LogP contribution in [-0.2, 0) is 35.0 Å². The van der Waals surface area contributed by atoms with Crippen LogP contribution >= 0.6 is 0 Å². The quantitative estimate of drug-likeness (QED) is 0.0866. The third-order valence-electron chi connectivity index (χ3n) is 7.68. The number of amides is 1. The van der Waals surface area contributed by atoms with E-state index >= 15 is 0 Å². The molecule has 0 heterocycles. The van der Waals surface area contributed by atoms with Gasteiger partial charge in [0.15, 0.2) is 23.7 Å². The van der Waals surface area contributed by atoms with Crippen molar-refractivity contribution in [2.75, 3.05) is 52.9 Å². The van der Waals surface area contributed by atoms with E-state index in [2.05, 4.69) is 41.0 Å². The second-order valence-electron chi connectivity index (χ2n) is 12.8. The molecule has 3 aromatic rings. The summed E-state index contributed by atoms with van der Waals surface area (Å²) in [6.07, 6.45) is 1.64. The van der Waals surface area contributed by atoms with Gasteiger partial charge in [-0.1, -0.05) is 48.9 Å². The van der Waals surface area contributed by atoms with Crippen molar-refractivity contribution in [1.29, 1.82) is 0 Å². The number of carbonyl (C=O) groups excluding carboxylic acids is 2. The predicted octanol–water partition coefficient (Wildman–Crippen LogP) is 5.78. The Kier molecular flexibility index (Phi) is 16.1. The SMILES string of the molecule is COc1cc(NCCCCOC(C(=O)NCCCCCc2ccc3ccccc3c2)C(OCC(=O)O)C(=O)OC(C)(C)C)cc(OC)c1OC. The summed E-state index contributed by atoms with van der Waals surface area (Å²) < 4.78 is 33.0. The maximum atomic E-state index is 13.4. The van der Waals surface area contributed by atoms with Crippen LogP contribution in [0.5, 0.6) is 17.2 Å². The van der Waals surface area contributed by atoms with Crippen LogP contribution < -0.4 is 24.8 Å². The van der Waals surface area contributed by atoms with Crippen molar-refractivity contribution in [2.24, 2.45) is 0 Å². The molecule has 12 nitrogen and oxygen atoms in total. The molecule has 3 rings (SSSR count). The molecule has 50 heavy (non-hydrogen) atoms. The Hall–Kier alpha value is -4.55. The summed E-state index contributed by atoms with van der Waals surface area (Å²) in [6.45, 7) is 5.25. The second-order valence-corrected chi connectivity index (χ2v) is 12.8. The van der Waals surface area contributed by atoms with Gasteiger partial charge in [-0.15, -0.1) is 0 Å². The molecule has 12 heteroatoms. The Morgan fingerprint density at radius 2 is 1.44 bits per heavy atom. The van der Waals surface area contributed by atoms with Crippen molar-refractivity contribution in [2.45, 2.75) is 77.1 Å². The summed E-state index contributed by atoms with van der Waals surface area (Å²) in [6, 6.07) is 18.3. The van der Waals surface area contributed by atoms with Crippen LogP contribution in [0.25, 0.3) is 10.8 Å². The number of hydrogen-bond donors (Lipinski definition) is 3. The second kappa shape index (κ2) is 20.2. The molecule has 3 aromatic carbocycles. The first-order valence-corrected chi connectivity index (χ1v) is 16.9. The van der Waals surface area contributed by atoms with Crippen molar-refractivity contribution in [3.05, 3.63) is 60.2 Å². The molecule has 0 aliphatic heterocycles. The fraction of sp³-hybridized carbons (Fsp3) is 0.500. The van der Waals surface area contributed by atoms with Crippen LogP contribution in [0.2, 0.25) is 0 Å². The lowest BCUT2D eigenvalue weighted by Crippen LogP contribution is -2.51. The molecule has 0 bridgehead atoms. The van der Waals surface area contributed by atoms with Crippen LogP contribution in [0.1, 0.15) is 58.4 Å². The summed E-state index contributed by atoms with van der Waals surface area (Å²) in [5, 5.41) is 17.8. The van der Waals surface area contributed by atoms with Crippen molar-refractivity contribution in [3.8, 4) is 17.2 Å².